The van der Waals surface area contributed by atoms with Crippen LogP contribution in [-0.4, -0.2) is 61.0 Å². The Hall–Kier alpha value is -2.98. The summed E-state index contributed by atoms with van der Waals surface area (Å²) in [6, 6.07) is 14.1. The van der Waals surface area contributed by atoms with Crippen LogP contribution >= 0.6 is 11.8 Å². The van der Waals surface area contributed by atoms with Crippen molar-refractivity contribution in [3.05, 3.63) is 66.5 Å². The zero-order valence-corrected chi connectivity index (χ0v) is 21.0. The quantitative estimate of drug-likeness (QED) is 0.426. The van der Waals surface area contributed by atoms with E-state index in [1.54, 1.807) is 59.2 Å². The van der Waals surface area contributed by atoms with Crippen LogP contribution in [-0.2, 0) is 16.6 Å². The second kappa shape index (κ2) is 10.3. The summed E-state index contributed by atoms with van der Waals surface area (Å²) in [7, 11) is -3.64. The molecule has 1 aromatic heterocycles. The lowest BCUT2D eigenvalue weighted by atomic mass is 10.3. The number of hydrogen-bond donors (Lipinski definition) is 0. The fourth-order valence-corrected chi connectivity index (χ4v) is 6.99. The summed E-state index contributed by atoms with van der Waals surface area (Å²) in [6.07, 6.45) is 6.26. The highest BCUT2D eigenvalue weighted by Crippen LogP contribution is 2.40. The van der Waals surface area contributed by atoms with Gasteiger partial charge in [-0.1, -0.05) is 18.2 Å². The number of fused-ring (bicyclic) bond motifs is 1. The van der Waals surface area contributed by atoms with Crippen LogP contribution in [0.1, 0.15) is 29.6 Å². The molecule has 3 aromatic rings. The van der Waals surface area contributed by atoms with E-state index in [9.17, 15) is 13.2 Å². The minimum atomic E-state index is -3.64. The molecule has 1 saturated heterocycles. The number of hydrogen-bond acceptors (Lipinski definition) is 6. The Kier molecular flexibility index (Phi) is 7.01. The first-order valence-corrected chi connectivity index (χ1v) is 14.2. The highest BCUT2D eigenvalue weighted by atomic mass is 32.2. The molecule has 184 valence electrons. The van der Waals surface area contributed by atoms with E-state index < -0.39 is 10.0 Å². The van der Waals surface area contributed by atoms with Gasteiger partial charge in [0.25, 0.3) is 15.9 Å². The number of thioether (sulfide) groups is 1. The summed E-state index contributed by atoms with van der Waals surface area (Å²) in [5.41, 5.74) is 1.28. The Morgan fingerprint density at radius 1 is 1.06 bits per heavy atom. The van der Waals surface area contributed by atoms with Crippen molar-refractivity contribution in [2.75, 3.05) is 36.3 Å². The van der Waals surface area contributed by atoms with Crippen LogP contribution < -0.4 is 9.04 Å². The van der Waals surface area contributed by atoms with Gasteiger partial charge in [-0.2, -0.15) is 5.10 Å². The molecule has 0 bridgehead atoms. The molecule has 0 atom stereocenters. The summed E-state index contributed by atoms with van der Waals surface area (Å²) in [4.78, 5) is 15.6. The van der Waals surface area contributed by atoms with E-state index in [0.717, 1.165) is 30.8 Å². The number of likely N-dealkylation sites (tertiary alicyclic amines) is 1. The minimum Gasteiger partial charge on any atom is -0.493 e. The lowest BCUT2D eigenvalue weighted by Gasteiger charge is -2.30. The van der Waals surface area contributed by atoms with Gasteiger partial charge in [-0.3, -0.25) is 13.8 Å². The number of nitrogens with zero attached hydrogens (tertiary/aromatic N) is 4. The molecule has 3 heterocycles. The summed E-state index contributed by atoms with van der Waals surface area (Å²) in [5, 5.41) is 4.31. The lowest BCUT2D eigenvalue weighted by molar-refractivity contribution is 0.0792. The maximum atomic E-state index is 13.3. The Morgan fingerprint density at radius 3 is 2.66 bits per heavy atom. The van der Waals surface area contributed by atoms with Crippen molar-refractivity contribution in [1.82, 2.24) is 14.7 Å². The molecule has 0 N–H and O–H groups in total. The van der Waals surface area contributed by atoms with Crippen LogP contribution in [0, 0.1) is 0 Å². The molecule has 2 aromatic carbocycles. The van der Waals surface area contributed by atoms with Gasteiger partial charge in [0.15, 0.2) is 0 Å². The molecule has 1 amide bonds. The third-order valence-electron chi connectivity index (χ3n) is 6.16. The number of rotatable bonds is 8. The number of sulfonamides is 1. The van der Waals surface area contributed by atoms with Crippen molar-refractivity contribution in [2.45, 2.75) is 35.6 Å². The van der Waals surface area contributed by atoms with E-state index in [1.165, 1.54) is 4.31 Å². The molecule has 0 saturated carbocycles. The van der Waals surface area contributed by atoms with Gasteiger partial charge in [0.05, 0.1) is 29.0 Å². The molecular weight excluding hydrogens is 484 g/mol. The standard InChI is InChI=1S/C25H28N4O4S2/c30-25(27-11-4-5-12-27)20-18-26-28(19-20)13-6-15-33-21-9-10-24-23(17-21)29(14-16-34-24)35(31,32)22-7-2-1-3-8-22/h1-3,7-10,17-19H,4-6,11-16H2. The Bertz CT molecular complexity index is 1290. The topological polar surface area (TPSA) is 84.7 Å². The first kappa shape index (κ1) is 23.7. The zero-order chi connectivity index (χ0) is 24.3. The number of ether oxygens (including phenoxy) is 1. The molecule has 2 aliphatic rings. The van der Waals surface area contributed by atoms with Gasteiger partial charge in [-0.15, -0.1) is 11.8 Å². The van der Waals surface area contributed by atoms with Gasteiger partial charge in [-0.25, -0.2) is 8.42 Å². The Balaban J connectivity index is 1.20. The smallest absolute Gasteiger partial charge is 0.264 e. The second-order valence-corrected chi connectivity index (χ2v) is 11.6. The number of anilines is 1. The largest absolute Gasteiger partial charge is 0.493 e. The maximum Gasteiger partial charge on any atom is 0.264 e. The van der Waals surface area contributed by atoms with Gasteiger partial charge < -0.3 is 9.64 Å². The molecule has 2 aliphatic heterocycles. The predicted molar refractivity (Wildman–Crippen MR) is 136 cm³/mol. The van der Waals surface area contributed by atoms with Gasteiger partial charge in [0.2, 0.25) is 0 Å². The number of carbonyl (C=O) groups excluding carboxylic acids is 1. The number of benzene rings is 2. The third-order valence-corrected chi connectivity index (χ3v) is 9.03. The predicted octanol–water partition coefficient (Wildman–Crippen LogP) is 3.89. The fourth-order valence-electron chi connectivity index (χ4n) is 4.35. The van der Waals surface area contributed by atoms with E-state index in [1.807, 2.05) is 23.1 Å². The van der Waals surface area contributed by atoms with E-state index >= 15 is 0 Å². The molecule has 10 heteroatoms. The van der Waals surface area contributed by atoms with Crippen LogP contribution in [0.5, 0.6) is 5.75 Å². The Morgan fingerprint density at radius 2 is 1.86 bits per heavy atom. The molecule has 0 spiro atoms. The Labute approximate surface area is 209 Å². The van der Waals surface area contributed by atoms with Crippen molar-refractivity contribution >= 4 is 33.4 Å². The molecule has 0 aliphatic carbocycles. The fraction of sp³-hybridized carbons (Fsp3) is 0.360. The van der Waals surface area contributed by atoms with E-state index in [-0.39, 0.29) is 10.8 Å². The molecule has 8 nitrogen and oxygen atoms in total. The van der Waals surface area contributed by atoms with Crippen molar-refractivity contribution in [3.8, 4) is 5.75 Å². The van der Waals surface area contributed by atoms with Gasteiger partial charge >= 0.3 is 0 Å². The van der Waals surface area contributed by atoms with E-state index in [0.29, 0.717) is 48.9 Å². The highest BCUT2D eigenvalue weighted by molar-refractivity contribution is 8.00. The number of aromatic nitrogens is 2. The molecule has 35 heavy (non-hydrogen) atoms. The van der Waals surface area contributed by atoms with Crippen LogP contribution in [0.2, 0.25) is 0 Å². The van der Waals surface area contributed by atoms with Gasteiger partial charge in [-0.05, 0) is 37.1 Å². The summed E-state index contributed by atoms with van der Waals surface area (Å²) < 4.78 is 35.7. The number of carbonyl (C=O) groups is 1. The summed E-state index contributed by atoms with van der Waals surface area (Å²) >= 11 is 1.65. The third kappa shape index (κ3) is 5.18. The first-order valence-electron chi connectivity index (χ1n) is 11.8. The SMILES string of the molecule is O=C(c1cnn(CCCOc2ccc3c(c2)N(S(=O)(=O)c2ccccc2)CCS3)c1)N1CCCC1. The molecule has 1 fully saturated rings. The van der Waals surface area contributed by atoms with E-state index in [4.69, 9.17) is 4.74 Å². The van der Waals surface area contributed by atoms with Crippen LogP contribution in [0.25, 0.3) is 0 Å². The van der Waals surface area contributed by atoms with Crippen LogP contribution in [0.15, 0.2) is 70.7 Å². The average molecular weight is 513 g/mol. The lowest BCUT2D eigenvalue weighted by Crippen LogP contribution is -2.35. The van der Waals surface area contributed by atoms with Crippen molar-refractivity contribution in [1.29, 1.82) is 0 Å². The number of aryl methyl sites for hydroxylation is 1. The van der Waals surface area contributed by atoms with Crippen LogP contribution in [0.4, 0.5) is 5.69 Å². The van der Waals surface area contributed by atoms with Crippen molar-refractivity contribution in [2.24, 2.45) is 0 Å². The normalized spacial score (nSPS) is 15.8. The van der Waals surface area contributed by atoms with E-state index in [2.05, 4.69) is 5.10 Å². The molecule has 0 unspecified atom stereocenters. The maximum absolute atomic E-state index is 13.3. The molecule has 5 rings (SSSR count). The molecular formula is C25H28N4O4S2. The molecule has 0 radical (unpaired) electrons. The monoisotopic (exact) mass is 512 g/mol. The van der Waals surface area contributed by atoms with Gasteiger partial charge in [0, 0.05) is 55.5 Å². The highest BCUT2D eigenvalue weighted by Gasteiger charge is 2.29. The zero-order valence-electron chi connectivity index (χ0n) is 19.4. The summed E-state index contributed by atoms with van der Waals surface area (Å²) in [6.45, 7) is 3.13. The summed E-state index contributed by atoms with van der Waals surface area (Å²) in [5.74, 6) is 1.38. The second-order valence-electron chi connectivity index (χ2n) is 8.56. The minimum absolute atomic E-state index is 0.0481. The average Bonchev–Trinajstić information content (AvgIpc) is 3.59. The van der Waals surface area contributed by atoms with Crippen molar-refractivity contribution < 1.29 is 17.9 Å². The van der Waals surface area contributed by atoms with Crippen molar-refractivity contribution in [3.63, 3.8) is 0 Å². The van der Waals surface area contributed by atoms with Crippen LogP contribution in [0.3, 0.4) is 0 Å². The number of amides is 1. The van der Waals surface area contributed by atoms with Gasteiger partial charge in [0.1, 0.15) is 5.75 Å². The first-order chi connectivity index (χ1) is 17.0.